The molecule has 0 aromatic heterocycles. The van der Waals surface area contributed by atoms with Gasteiger partial charge in [-0.3, -0.25) is 10.1 Å². The van der Waals surface area contributed by atoms with Crippen LogP contribution in [0.1, 0.15) is 12.5 Å². The van der Waals surface area contributed by atoms with Crippen LogP contribution in [-0.4, -0.2) is 11.5 Å². The molecule has 0 bridgehead atoms. The third-order valence-corrected chi connectivity index (χ3v) is 2.01. The number of nitro benzene ring substituents is 1. The Labute approximate surface area is 98.1 Å². The number of nitrogens with two attached hydrogens (primary N) is 1. The first kappa shape index (κ1) is 12.5. The van der Waals surface area contributed by atoms with Crippen LogP contribution in [0, 0.1) is 21.4 Å². The third-order valence-electron chi connectivity index (χ3n) is 2.01. The number of allylic oxidation sites excluding steroid dienone is 1. The summed E-state index contributed by atoms with van der Waals surface area (Å²) in [5.41, 5.74) is 5.96. The number of ether oxygens (including phenoxy) is 1. The fraction of sp³-hybridized carbons (Fsp3) is 0.182. The van der Waals surface area contributed by atoms with Gasteiger partial charge in [0.25, 0.3) is 0 Å². The largest absolute Gasteiger partial charge is 0.487 e. The Kier molecular flexibility index (Phi) is 4.06. The third kappa shape index (κ3) is 2.72. The maximum atomic E-state index is 10.8. The first-order valence-electron chi connectivity index (χ1n) is 4.87. The number of rotatable bonds is 4. The summed E-state index contributed by atoms with van der Waals surface area (Å²) in [4.78, 5) is 10.3. The van der Waals surface area contributed by atoms with E-state index in [4.69, 9.17) is 15.7 Å². The number of para-hydroxylation sites is 1. The molecule has 1 aromatic carbocycles. The quantitative estimate of drug-likeness (QED) is 0.485. The summed E-state index contributed by atoms with van der Waals surface area (Å²) >= 11 is 0. The van der Waals surface area contributed by atoms with Crippen LogP contribution in [0.4, 0.5) is 5.69 Å². The molecule has 0 saturated heterocycles. The van der Waals surface area contributed by atoms with E-state index in [1.165, 1.54) is 12.1 Å². The van der Waals surface area contributed by atoms with Gasteiger partial charge in [-0.1, -0.05) is 6.07 Å². The van der Waals surface area contributed by atoms with Crippen molar-refractivity contribution in [3.8, 4) is 11.8 Å². The molecule has 0 aliphatic heterocycles. The van der Waals surface area contributed by atoms with Crippen LogP contribution in [0.3, 0.4) is 0 Å². The van der Waals surface area contributed by atoms with Crippen molar-refractivity contribution in [2.24, 2.45) is 5.73 Å². The fourth-order valence-corrected chi connectivity index (χ4v) is 1.34. The molecule has 6 heteroatoms. The van der Waals surface area contributed by atoms with Crippen molar-refractivity contribution in [2.75, 3.05) is 6.61 Å². The zero-order valence-corrected chi connectivity index (χ0v) is 9.21. The van der Waals surface area contributed by atoms with E-state index in [9.17, 15) is 10.1 Å². The molecule has 0 saturated carbocycles. The van der Waals surface area contributed by atoms with Crippen LogP contribution in [0.15, 0.2) is 24.3 Å². The van der Waals surface area contributed by atoms with Gasteiger partial charge in [0.2, 0.25) is 5.75 Å². The van der Waals surface area contributed by atoms with E-state index in [-0.39, 0.29) is 23.7 Å². The summed E-state index contributed by atoms with van der Waals surface area (Å²) in [5, 5.41) is 19.3. The van der Waals surface area contributed by atoms with E-state index in [2.05, 4.69) is 0 Å². The molecule has 0 heterocycles. The van der Waals surface area contributed by atoms with Crippen molar-refractivity contribution < 1.29 is 9.66 Å². The number of hydrogen-bond acceptors (Lipinski definition) is 5. The van der Waals surface area contributed by atoms with Gasteiger partial charge in [-0.15, -0.1) is 0 Å². The number of nitrogens with zero attached hydrogens (tertiary/aromatic N) is 2. The molecule has 17 heavy (non-hydrogen) atoms. The first-order valence-corrected chi connectivity index (χ1v) is 4.87. The van der Waals surface area contributed by atoms with E-state index >= 15 is 0 Å². The summed E-state index contributed by atoms with van der Waals surface area (Å²) in [7, 11) is 0. The highest BCUT2D eigenvalue weighted by Gasteiger charge is 2.19. The summed E-state index contributed by atoms with van der Waals surface area (Å²) in [6, 6.07) is 6.16. The molecule has 1 aromatic rings. The number of benzene rings is 1. The van der Waals surface area contributed by atoms with Gasteiger partial charge in [0, 0.05) is 17.7 Å². The maximum absolute atomic E-state index is 10.8. The number of hydrogen-bond donors (Lipinski definition) is 1. The first-order chi connectivity index (χ1) is 8.11. The summed E-state index contributed by atoms with van der Waals surface area (Å²) in [6.45, 7) is 1.99. The van der Waals surface area contributed by atoms with Crippen LogP contribution >= 0.6 is 0 Å². The molecular formula is C11H11N3O3. The van der Waals surface area contributed by atoms with Gasteiger partial charge >= 0.3 is 5.69 Å². The lowest BCUT2D eigenvalue weighted by Crippen LogP contribution is -2.04. The minimum atomic E-state index is -0.547. The minimum Gasteiger partial charge on any atom is -0.487 e. The molecule has 0 radical (unpaired) electrons. The molecule has 0 unspecified atom stereocenters. The predicted octanol–water partition coefficient (Wildman–Crippen LogP) is 1.82. The summed E-state index contributed by atoms with van der Waals surface area (Å²) in [6.07, 6.45) is 1.11. The normalized spacial score (nSPS) is 10.7. The van der Waals surface area contributed by atoms with Gasteiger partial charge in [-0.25, -0.2) is 0 Å². The smallest absolute Gasteiger partial charge is 0.311 e. The SMILES string of the molecule is CCOc1c(/C(N)=C/C#N)cccc1[N+](=O)[O-]. The predicted molar refractivity (Wildman–Crippen MR) is 62.0 cm³/mol. The molecule has 88 valence electrons. The molecule has 1 rings (SSSR count). The average molecular weight is 233 g/mol. The highest BCUT2D eigenvalue weighted by atomic mass is 16.6. The highest BCUT2D eigenvalue weighted by Crippen LogP contribution is 2.33. The average Bonchev–Trinajstić information content (AvgIpc) is 2.29. The van der Waals surface area contributed by atoms with E-state index < -0.39 is 4.92 Å². The highest BCUT2D eigenvalue weighted by molar-refractivity contribution is 5.73. The molecule has 0 atom stereocenters. The number of nitro groups is 1. The van der Waals surface area contributed by atoms with Crippen molar-refractivity contribution in [2.45, 2.75) is 6.92 Å². The van der Waals surface area contributed by atoms with Gasteiger partial charge in [-0.05, 0) is 13.0 Å². The van der Waals surface area contributed by atoms with E-state index in [1.807, 2.05) is 0 Å². The standard InChI is InChI=1S/C11H11N3O3/c1-2-17-11-8(9(13)6-7-12)4-3-5-10(11)14(15)16/h3-6H,2,13H2,1H3/b9-6-. The van der Waals surface area contributed by atoms with Gasteiger partial charge in [0.15, 0.2) is 0 Å². The van der Waals surface area contributed by atoms with Crippen LogP contribution in [0.5, 0.6) is 5.75 Å². The lowest BCUT2D eigenvalue weighted by atomic mass is 10.1. The van der Waals surface area contributed by atoms with Crippen LogP contribution < -0.4 is 10.5 Å². The molecule has 0 amide bonds. The molecule has 0 fully saturated rings. The van der Waals surface area contributed by atoms with Crippen molar-refractivity contribution in [1.29, 1.82) is 5.26 Å². The van der Waals surface area contributed by atoms with E-state index in [0.29, 0.717) is 5.56 Å². The molecule has 6 nitrogen and oxygen atoms in total. The molecule has 0 aliphatic carbocycles. The van der Waals surface area contributed by atoms with Crippen molar-refractivity contribution in [1.82, 2.24) is 0 Å². The van der Waals surface area contributed by atoms with Gasteiger partial charge in [0.05, 0.1) is 23.3 Å². The minimum absolute atomic E-state index is 0.0870. The topological polar surface area (TPSA) is 102 Å². The van der Waals surface area contributed by atoms with Gasteiger partial charge in [-0.2, -0.15) is 5.26 Å². The Morgan fingerprint density at radius 2 is 2.41 bits per heavy atom. The maximum Gasteiger partial charge on any atom is 0.311 e. The molecular weight excluding hydrogens is 222 g/mol. The molecule has 0 spiro atoms. The zero-order valence-electron chi connectivity index (χ0n) is 9.21. The number of nitriles is 1. The van der Waals surface area contributed by atoms with Crippen LogP contribution in [0.2, 0.25) is 0 Å². The molecule has 2 N–H and O–H groups in total. The Morgan fingerprint density at radius 1 is 1.71 bits per heavy atom. The lowest BCUT2D eigenvalue weighted by Gasteiger charge is -2.09. The van der Waals surface area contributed by atoms with E-state index in [0.717, 1.165) is 6.08 Å². The second-order valence-electron chi connectivity index (χ2n) is 3.07. The monoisotopic (exact) mass is 233 g/mol. The van der Waals surface area contributed by atoms with Crippen molar-refractivity contribution in [3.63, 3.8) is 0 Å². The Hall–Kier alpha value is -2.55. The van der Waals surface area contributed by atoms with Crippen LogP contribution in [-0.2, 0) is 0 Å². The Morgan fingerprint density at radius 3 is 2.94 bits per heavy atom. The van der Waals surface area contributed by atoms with Crippen molar-refractivity contribution in [3.05, 3.63) is 40.0 Å². The summed E-state index contributed by atoms with van der Waals surface area (Å²) in [5.74, 6) is 0.0870. The van der Waals surface area contributed by atoms with Crippen molar-refractivity contribution >= 4 is 11.4 Å². The van der Waals surface area contributed by atoms with Gasteiger partial charge < -0.3 is 10.5 Å². The second-order valence-corrected chi connectivity index (χ2v) is 3.07. The van der Waals surface area contributed by atoms with E-state index in [1.54, 1.807) is 19.1 Å². The fourth-order valence-electron chi connectivity index (χ4n) is 1.34. The molecule has 0 aliphatic rings. The summed E-state index contributed by atoms with van der Waals surface area (Å²) < 4.78 is 5.22. The zero-order chi connectivity index (χ0) is 12.8. The van der Waals surface area contributed by atoms with Gasteiger partial charge in [0.1, 0.15) is 0 Å². The Bertz CT molecular complexity index is 503. The Balaban J connectivity index is 3.40. The lowest BCUT2D eigenvalue weighted by molar-refractivity contribution is -0.385. The van der Waals surface area contributed by atoms with Crippen LogP contribution in [0.25, 0.3) is 5.70 Å². The second kappa shape index (κ2) is 5.51.